The Labute approximate surface area is 247 Å². The fourth-order valence-electron chi connectivity index (χ4n) is 4.55. The van der Waals surface area contributed by atoms with Crippen molar-refractivity contribution in [1.29, 1.82) is 0 Å². The number of anilines is 2. The van der Waals surface area contributed by atoms with Gasteiger partial charge in [0.25, 0.3) is 8.07 Å². The van der Waals surface area contributed by atoms with Crippen LogP contribution in [-0.4, -0.2) is 36.3 Å². The summed E-state index contributed by atoms with van der Waals surface area (Å²) in [5.41, 5.74) is 13.6. The fraction of sp³-hybridized carbons (Fsp3) is 0.158. The molecule has 0 bridgehead atoms. The minimum absolute atomic E-state index is 0.945. The van der Waals surface area contributed by atoms with Gasteiger partial charge in [-0.2, -0.15) is 0 Å². The highest BCUT2D eigenvalue weighted by Gasteiger charge is 2.40. The summed E-state index contributed by atoms with van der Waals surface area (Å²) in [6, 6.07) is 33.2. The summed E-state index contributed by atoms with van der Waals surface area (Å²) >= 11 is 0. The van der Waals surface area contributed by atoms with E-state index in [4.69, 9.17) is 0 Å². The van der Waals surface area contributed by atoms with E-state index in [1.807, 2.05) is 74.5 Å². The molecule has 200 valence electrons. The maximum atomic E-state index is 3.83. The van der Waals surface area contributed by atoms with E-state index in [1.54, 1.807) is 0 Å². The Morgan fingerprint density at radius 3 is 1.22 bits per heavy atom. The number of hydrogen-bond donors (Lipinski definition) is 0. The van der Waals surface area contributed by atoms with Gasteiger partial charge in [0.05, 0.1) is 0 Å². The summed E-state index contributed by atoms with van der Waals surface area (Å²) in [7, 11) is 5.01. The van der Waals surface area contributed by atoms with Gasteiger partial charge in [-0.3, -0.25) is 0 Å². The van der Waals surface area contributed by atoms with Gasteiger partial charge >= 0.3 is 0 Å². The average molecular weight is 547 g/mol. The molecule has 0 aromatic heterocycles. The van der Waals surface area contributed by atoms with E-state index in [-0.39, 0.29) is 0 Å². The largest absolute Gasteiger partial charge is 0.378 e. The molecule has 4 rings (SSSR count). The van der Waals surface area contributed by atoms with Crippen LogP contribution in [0.3, 0.4) is 0 Å². The van der Waals surface area contributed by atoms with Gasteiger partial charge in [-0.05, 0) is 84.9 Å². The number of rotatable bonds is 4. The van der Waals surface area contributed by atoms with Gasteiger partial charge in [-0.1, -0.05) is 71.2 Å². The first-order valence-corrected chi connectivity index (χ1v) is 15.5. The lowest BCUT2D eigenvalue weighted by atomic mass is 10.2. The van der Waals surface area contributed by atoms with E-state index in [2.05, 4.69) is 121 Å². The zero-order chi connectivity index (χ0) is 29.2. The molecule has 4 aromatic carbocycles. The van der Waals surface area contributed by atoms with Crippen LogP contribution in [-0.2, 0) is 0 Å². The highest BCUT2D eigenvalue weighted by Crippen LogP contribution is 2.20. The maximum Gasteiger partial charge on any atom is 0.279 e. The Hall–Kier alpha value is -5.06. The lowest BCUT2D eigenvalue weighted by Gasteiger charge is -2.27. The highest BCUT2D eigenvalue weighted by molar-refractivity contribution is 7.14. The monoisotopic (exact) mass is 546 g/mol. The second-order valence-electron chi connectivity index (χ2n) is 9.98. The molecule has 0 fully saturated rings. The van der Waals surface area contributed by atoms with E-state index in [0.717, 1.165) is 44.0 Å². The van der Waals surface area contributed by atoms with Gasteiger partial charge in [0, 0.05) is 61.8 Å². The van der Waals surface area contributed by atoms with Crippen molar-refractivity contribution in [2.24, 2.45) is 0 Å². The topological polar surface area (TPSA) is 6.48 Å². The molecule has 2 nitrogen and oxygen atoms in total. The van der Waals surface area contributed by atoms with Crippen molar-refractivity contribution in [1.82, 2.24) is 0 Å². The Kier molecular flexibility index (Phi) is 9.41. The van der Waals surface area contributed by atoms with Crippen molar-refractivity contribution >= 4 is 29.8 Å². The predicted octanol–water partition coefficient (Wildman–Crippen LogP) is 5.31. The van der Waals surface area contributed by atoms with Gasteiger partial charge in [0.1, 0.15) is 0 Å². The highest BCUT2D eigenvalue weighted by atomic mass is 28.3. The van der Waals surface area contributed by atoms with E-state index < -0.39 is 8.07 Å². The summed E-state index contributed by atoms with van der Waals surface area (Å²) in [6.45, 7) is 3.75. The molecule has 3 heteroatoms. The molecule has 0 N–H and O–H groups in total. The molecule has 0 radical (unpaired) electrons. The maximum absolute atomic E-state index is 3.83. The molecular weight excluding hydrogens is 513 g/mol. The second-order valence-corrected chi connectivity index (χ2v) is 13.1. The van der Waals surface area contributed by atoms with Crippen LogP contribution in [0.4, 0.5) is 11.4 Å². The van der Waals surface area contributed by atoms with Crippen LogP contribution in [0.1, 0.15) is 36.1 Å². The first-order chi connectivity index (χ1) is 19.9. The van der Waals surface area contributed by atoms with Gasteiger partial charge in [0.2, 0.25) is 0 Å². The van der Waals surface area contributed by atoms with Crippen LogP contribution in [0.25, 0.3) is 0 Å². The Morgan fingerprint density at radius 2 is 0.878 bits per heavy atom. The third-order valence-corrected chi connectivity index (χ3v) is 10.1. The fourth-order valence-corrected chi connectivity index (χ4v) is 7.93. The molecular formula is C38H34N2Si. The van der Waals surface area contributed by atoms with Crippen LogP contribution in [0.5, 0.6) is 0 Å². The number of nitrogens with zero attached hydrogens (tertiary/aromatic N) is 2. The Bertz CT molecular complexity index is 1640. The lowest BCUT2D eigenvalue weighted by Crippen LogP contribution is -2.59. The minimum atomic E-state index is -3.21. The van der Waals surface area contributed by atoms with Gasteiger partial charge in [-0.15, -0.1) is 11.8 Å². The van der Waals surface area contributed by atoms with E-state index in [0.29, 0.717) is 0 Å². The SMILES string of the molecule is CC#Cc1ccc(N(C)C)cc1[Si](C#Cc1ccccc1)(C#Cc1ccccc1)c1cc(N(C)C)ccc1C#CC. The smallest absolute Gasteiger partial charge is 0.279 e. The summed E-state index contributed by atoms with van der Waals surface area (Å²) < 4.78 is 0. The summed E-state index contributed by atoms with van der Waals surface area (Å²) in [5.74, 6) is 20.1. The molecule has 0 saturated carbocycles. The third-order valence-electron chi connectivity index (χ3n) is 6.70. The Balaban J connectivity index is 2.24. The summed E-state index contributed by atoms with van der Waals surface area (Å²) in [4.78, 5) is 4.23. The van der Waals surface area contributed by atoms with Crippen molar-refractivity contribution in [3.05, 3.63) is 119 Å². The van der Waals surface area contributed by atoms with Gasteiger partial charge < -0.3 is 9.80 Å². The molecule has 0 atom stereocenters. The van der Waals surface area contributed by atoms with Crippen molar-refractivity contribution in [3.8, 4) is 46.6 Å². The van der Waals surface area contributed by atoms with Crippen LogP contribution < -0.4 is 20.2 Å². The standard InChI is InChI=1S/C38H34N2Si/c1-7-15-33-21-23-35(39(3)4)29-37(33)41(27-25-31-17-11-9-12-18-31,28-26-32-19-13-10-14-20-32)38-30-36(40(5)6)24-22-34(38)16-8-2/h9-14,17-24,29-30H,1-6H3. The molecule has 0 aliphatic heterocycles. The first kappa shape index (κ1) is 28.9. The zero-order valence-electron chi connectivity index (χ0n) is 24.6. The van der Waals surface area contributed by atoms with Crippen molar-refractivity contribution in [3.63, 3.8) is 0 Å². The number of benzene rings is 4. The molecule has 0 saturated heterocycles. The quantitative estimate of drug-likeness (QED) is 0.253. The molecule has 0 aliphatic rings. The van der Waals surface area contributed by atoms with Crippen LogP contribution >= 0.6 is 0 Å². The normalized spacial score (nSPS) is 9.90. The lowest BCUT2D eigenvalue weighted by molar-refractivity contribution is 1.13. The third kappa shape index (κ3) is 6.75. The minimum Gasteiger partial charge on any atom is -0.378 e. The van der Waals surface area contributed by atoms with Gasteiger partial charge in [-0.25, -0.2) is 0 Å². The van der Waals surface area contributed by atoms with E-state index in [1.165, 1.54) is 0 Å². The molecule has 0 amide bonds. The van der Waals surface area contributed by atoms with Crippen LogP contribution in [0.15, 0.2) is 97.1 Å². The number of hydrogen-bond acceptors (Lipinski definition) is 2. The molecule has 0 unspecified atom stereocenters. The molecule has 0 spiro atoms. The second kappa shape index (κ2) is 13.3. The average Bonchev–Trinajstić information content (AvgIpc) is 2.99. The molecule has 0 heterocycles. The summed E-state index contributed by atoms with van der Waals surface area (Å²) in [6.07, 6.45) is 0. The zero-order valence-corrected chi connectivity index (χ0v) is 25.6. The molecule has 4 aromatic rings. The first-order valence-electron chi connectivity index (χ1n) is 13.5. The summed E-state index contributed by atoms with van der Waals surface area (Å²) in [5, 5.41) is 2.14. The van der Waals surface area contributed by atoms with E-state index in [9.17, 15) is 0 Å². The van der Waals surface area contributed by atoms with Gasteiger partial charge in [0.15, 0.2) is 0 Å². The Morgan fingerprint density at radius 1 is 0.488 bits per heavy atom. The predicted molar refractivity (Wildman–Crippen MR) is 178 cm³/mol. The van der Waals surface area contributed by atoms with Crippen molar-refractivity contribution in [2.45, 2.75) is 13.8 Å². The van der Waals surface area contributed by atoms with Crippen LogP contribution in [0, 0.1) is 46.6 Å². The molecule has 0 aliphatic carbocycles. The molecule has 41 heavy (non-hydrogen) atoms. The van der Waals surface area contributed by atoms with Crippen LogP contribution in [0.2, 0.25) is 0 Å². The van der Waals surface area contributed by atoms with E-state index >= 15 is 0 Å². The van der Waals surface area contributed by atoms with Crippen molar-refractivity contribution < 1.29 is 0 Å². The van der Waals surface area contributed by atoms with Crippen molar-refractivity contribution in [2.75, 3.05) is 38.0 Å².